The highest BCUT2D eigenvalue weighted by atomic mass is 35.5. The molecule has 0 bridgehead atoms. The number of anilines is 1. The summed E-state index contributed by atoms with van der Waals surface area (Å²) >= 11 is 5.95. The summed E-state index contributed by atoms with van der Waals surface area (Å²) in [7, 11) is 0. The lowest BCUT2D eigenvalue weighted by Crippen LogP contribution is -2.58. The number of aromatic nitrogens is 2. The quantitative estimate of drug-likeness (QED) is 0.505. The van der Waals surface area contributed by atoms with Crippen molar-refractivity contribution in [2.75, 3.05) is 37.6 Å². The molecule has 1 fully saturated rings. The Morgan fingerprint density at radius 1 is 1.14 bits per heavy atom. The third-order valence-corrected chi connectivity index (χ3v) is 6.76. The number of carbonyl (C=O) groups is 1. The summed E-state index contributed by atoms with van der Waals surface area (Å²) in [6.07, 6.45) is -0.880. The SMILES string of the molecule is C[C@@H]1CCc2ncnc(N3CCN(C(NCC(F)(F)F)C(C=O)c4ccc(Cl)cc4)CC3)c21.Cl.Cl. The lowest BCUT2D eigenvalue weighted by Gasteiger charge is -2.42. The Kier molecular flexibility index (Phi) is 10.6. The zero-order valence-corrected chi connectivity index (χ0v) is 21.6. The van der Waals surface area contributed by atoms with Crippen LogP contribution in [0, 0.1) is 0 Å². The molecule has 1 N–H and O–H groups in total. The second-order valence-electron chi connectivity index (χ2n) is 8.67. The molecule has 12 heteroatoms. The van der Waals surface area contributed by atoms with Crippen molar-refractivity contribution in [3.05, 3.63) is 52.4 Å². The van der Waals surface area contributed by atoms with Gasteiger partial charge in [-0.15, -0.1) is 24.8 Å². The molecule has 3 atom stereocenters. The number of nitrogens with zero attached hydrogens (tertiary/aromatic N) is 4. The minimum Gasteiger partial charge on any atom is -0.354 e. The summed E-state index contributed by atoms with van der Waals surface area (Å²) in [5.41, 5.74) is 2.90. The normalized spacial score (nSPS) is 19.8. The fourth-order valence-corrected chi connectivity index (χ4v) is 4.94. The minimum absolute atomic E-state index is 0. The van der Waals surface area contributed by atoms with Crippen molar-refractivity contribution in [2.24, 2.45) is 0 Å². The molecule has 1 aromatic carbocycles. The molecule has 35 heavy (non-hydrogen) atoms. The zero-order valence-electron chi connectivity index (χ0n) is 19.2. The molecule has 2 aliphatic rings. The Bertz CT molecular complexity index is 972. The van der Waals surface area contributed by atoms with Gasteiger partial charge in [0.05, 0.1) is 18.6 Å². The van der Waals surface area contributed by atoms with Crippen LogP contribution in [-0.4, -0.2) is 66.2 Å². The van der Waals surface area contributed by atoms with Gasteiger partial charge >= 0.3 is 6.18 Å². The first-order chi connectivity index (χ1) is 15.8. The van der Waals surface area contributed by atoms with Crippen molar-refractivity contribution >= 4 is 48.5 Å². The molecule has 4 rings (SSSR count). The van der Waals surface area contributed by atoms with Gasteiger partial charge in [0.15, 0.2) is 0 Å². The Morgan fingerprint density at radius 2 is 1.80 bits per heavy atom. The topological polar surface area (TPSA) is 61.4 Å². The Labute approximate surface area is 220 Å². The number of alkyl halides is 3. The molecular formula is C23H29Cl3F3N5O. The molecule has 0 spiro atoms. The van der Waals surface area contributed by atoms with Gasteiger partial charge in [-0.1, -0.05) is 30.7 Å². The molecule has 1 saturated heterocycles. The second-order valence-corrected chi connectivity index (χ2v) is 9.11. The average Bonchev–Trinajstić information content (AvgIpc) is 3.18. The van der Waals surface area contributed by atoms with Gasteiger partial charge in [0.1, 0.15) is 18.4 Å². The number of hydrogen-bond donors (Lipinski definition) is 1. The van der Waals surface area contributed by atoms with Gasteiger partial charge in [0.2, 0.25) is 0 Å². The number of hydrogen-bond acceptors (Lipinski definition) is 6. The summed E-state index contributed by atoms with van der Waals surface area (Å²) in [5.74, 6) is 0.549. The van der Waals surface area contributed by atoms with Gasteiger partial charge in [0.25, 0.3) is 0 Å². The van der Waals surface area contributed by atoms with Crippen LogP contribution < -0.4 is 10.2 Å². The standard InChI is InChI=1S/C23H27ClF3N5O.2ClH/c1-15-2-7-19-20(15)22(30-14-29-19)32-10-8-31(9-11-32)21(28-13-23(25,26)27)18(12-33)16-3-5-17(24)6-4-16;;/h3-6,12,14-15,18,21,28H,2,7-11,13H2,1H3;2*1H/t15-,18?,21?;;/m1../s1. The second kappa shape index (κ2) is 12.5. The maximum Gasteiger partial charge on any atom is 0.401 e. The molecule has 2 unspecified atom stereocenters. The van der Waals surface area contributed by atoms with Gasteiger partial charge < -0.3 is 9.69 Å². The summed E-state index contributed by atoms with van der Waals surface area (Å²) in [5, 5.41) is 3.09. The molecule has 0 radical (unpaired) electrons. The van der Waals surface area contributed by atoms with E-state index in [0.717, 1.165) is 24.4 Å². The molecule has 1 aliphatic carbocycles. The Balaban J connectivity index is 0.00000216. The van der Waals surface area contributed by atoms with E-state index in [1.165, 1.54) is 5.56 Å². The lowest BCUT2D eigenvalue weighted by atomic mass is 9.95. The van der Waals surface area contributed by atoms with Crippen molar-refractivity contribution in [1.82, 2.24) is 20.2 Å². The third-order valence-electron chi connectivity index (χ3n) is 6.51. The Morgan fingerprint density at radius 3 is 2.40 bits per heavy atom. The number of carbonyl (C=O) groups excluding carboxylic acids is 1. The number of aryl methyl sites for hydroxylation is 1. The summed E-state index contributed by atoms with van der Waals surface area (Å²) < 4.78 is 39.1. The van der Waals surface area contributed by atoms with Crippen molar-refractivity contribution in [3.8, 4) is 0 Å². The van der Waals surface area contributed by atoms with Gasteiger partial charge in [-0.2, -0.15) is 13.2 Å². The molecule has 194 valence electrons. The van der Waals surface area contributed by atoms with Crippen LogP contribution in [0.1, 0.15) is 42.0 Å². The molecule has 2 heterocycles. The van der Waals surface area contributed by atoms with Crippen molar-refractivity contribution in [3.63, 3.8) is 0 Å². The van der Waals surface area contributed by atoms with Crippen LogP contribution in [0.25, 0.3) is 0 Å². The van der Waals surface area contributed by atoms with E-state index in [1.54, 1.807) is 30.6 Å². The van der Waals surface area contributed by atoms with Crippen LogP contribution in [0.5, 0.6) is 0 Å². The summed E-state index contributed by atoms with van der Waals surface area (Å²) in [4.78, 5) is 25.1. The van der Waals surface area contributed by atoms with Crippen molar-refractivity contribution in [1.29, 1.82) is 0 Å². The van der Waals surface area contributed by atoms with E-state index in [0.29, 0.717) is 49.0 Å². The van der Waals surface area contributed by atoms with E-state index in [4.69, 9.17) is 11.6 Å². The molecule has 1 aliphatic heterocycles. The summed E-state index contributed by atoms with van der Waals surface area (Å²) in [6.45, 7) is 3.21. The molecular weight excluding hydrogens is 526 g/mol. The maximum atomic E-state index is 13.0. The largest absolute Gasteiger partial charge is 0.401 e. The number of benzene rings is 1. The van der Waals surface area contributed by atoms with Crippen LogP contribution in [0.4, 0.5) is 19.0 Å². The lowest BCUT2D eigenvalue weighted by molar-refractivity contribution is -0.131. The minimum atomic E-state index is -4.38. The first kappa shape index (κ1) is 29.6. The number of halogens is 6. The fourth-order valence-electron chi connectivity index (χ4n) is 4.81. The van der Waals surface area contributed by atoms with E-state index in [1.807, 2.05) is 4.90 Å². The zero-order chi connectivity index (χ0) is 23.6. The molecule has 2 aromatic rings. The van der Waals surface area contributed by atoms with Gasteiger partial charge in [0, 0.05) is 42.5 Å². The van der Waals surface area contributed by atoms with E-state index in [2.05, 4.69) is 27.1 Å². The van der Waals surface area contributed by atoms with E-state index < -0.39 is 24.8 Å². The van der Waals surface area contributed by atoms with Gasteiger partial charge in [-0.3, -0.25) is 10.2 Å². The number of aldehydes is 1. The number of rotatable bonds is 7. The third kappa shape index (κ3) is 6.98. The number of fused-ring (bicyclic) bond motifs is 1. The van der Waals surface area contributed by atoms with Crippen molar-refractivity contribution < 1.29 is 18.0 Å². The first-order valence-electron chi connectivity index (χ1n) is 11.1. The predicted octanol–water partition coefficient (Wildman–Crippen LogP) is 4.61. The molecule has 0 amide bonds. The van der Waals surface area contributed by atoms with Crippen LogP contribution >= 0.6 is 36.4 Å². The van der Waals surface area contributed by atoms with Crippen LogP contribution in [0.15, 0.2) is 30.6 Å². The molecule has 1 aromatic heterocycles. The summed E-state index contributed by atoms with van der Waals surface area (Å²) in [6, 6.07) is 6.66. The highest BCUT2D eigenvalue weighted by Crippen LogP contribution is 2.37. The van der Waals surface area contributed by atoms with Crippen LogP contribution in [0.3, 0.4) is 0 Å². The number of nitrogens with one attached hydrogen (secondary N) is 1. The molecule has 6 nitrogen and oxygen atoms in total. The van der Waals surface area contributed by atoms with E-state index in [9.17, 15) is 18.0 Å². The van der Waals surface area contributed by atoms with E-state index >= 15 is 0 Å². The fraction of sp³-hybridized carbons (Fsp3) is 0.522. The van der Waals surface area contributed by atoms with Crippen molar-refractivity contribution in [2.45, 2.75) is 43.9 Å². The number of piperazine rings is 1. The predicted molar refractivity (Wildman–Crippen MR) is 135 cm³/mol. The van der Waals surface area contributed by atoms with Gasteiger partial charge in [-0.25, -0.2) is 9.97 Å². The van der Waals surface area contributed by atoms with Crippen LogP contribution in [-0.2, 0) is 11.2 Å². The maximum absolute atomic E-state index is 13.0. The first-order valence-corrected chi connectivity index (χ1v) is 11.5. The average molecular weight is 555 g/mol. The highest BCUT2D eigenvalue weighted by Gasteiger charge is 2.36. The smallest absolute Gasteiger partial charge is 0.354 e. The highest BCUT2D eigenvalue weighted by molar-refractivity contribution is 6.30. The monoisotopic (exact) mass is 553 g/mol. The van der Waals surface area contributed by atoms with E-state index in [-0.39, 0.29) is 24.8 Å². The van der Waals surface area contributed by atoms with Gasteiger partial charge in [-0.05, 0) is 36.5 Å². The molecule has 0 saturated carbocycles. The van der Waals surface area contributed by atoms with Crippen LogP contribution in [0.2, 0.25) is 5.02 Å². The Hall–Kier alpha value is -1.65.